The summed E-state index contributed by atoms with van der Waals surface area (Å²) in [5.41, 5.74) is 4.11. The number of rotatable bonds is 5. The van der Waals surface area contributed by atoms with Crippen LogP contribution in [-0.2, 0) is 11.2 Å². The maximum atomic E-state index is 11.9. The summed E-state index contributed by atoms with van der Waals surface area (Å²) < 4.78 is 0. The fourth-order valence-electron chi connectivity index (χ4n) is 2.27. The largest absolute Gasteiger partial charge is 0.323 e. The van der Waals surface area contributed by atoms with Crippen LogP contribution in [0.25, 0.3) is 6.08 Å². The molecule has 0 fully saturated rings. The van der Waals surface area contributed by atoms with Crippen LogP contribution in [0.2, 0.25) is 0 Å². The standard InChI is InChI=1S/C20H17N3O/c24-20(6-3-16-7-11-21-12-8-16)23-19-4-1-17(2-5-19)15-18-9-13-22-14-10-18/h1-14H,15H2,(H,23,24)/b6-3+. The molecule has 0 saturated heterocycles. The first-order valence-electron chi connectivity index (χ1n) is 7.66. The Morgan fingerprint density at radius 1 is 0.833 bits per heavy atom. The van der Waals surface area contributed by atoms with Crippen LogP contribution in [0.1, 0.15) is 16.7 Å². The van der Waals surface area contributed by atoms with E-state index in [0.717, 1.165) is 17.7 Å². The number of anilines is 1. The van der Waals surface area contributed by atoms with Crippen molar-refractivity contribution in [1.29, 1.82) is 0 Å². The van der Waals surface area contributed by atoms with Crippen LogP contribution in [0, 0.1) is 0 Å². The summed E-state index contributed by atoms with van der Waals surface area (Å²) in [6, 6.07) is 15.5. The van der Waals surface area contributed by atoms with Crippen LogP contribution >= 0.6 is 0 Å². The lowest BCUT2D eigenvalue weighted by Crippen LogP contribution is -2.07. The highest BCUT2D eigenvalue weighted by atomic mass is 16.1. The molecule has 0 bridgehead atoms. The van der Waals surface area contributed by atoms with Crippen molar-refractivity contribution >= 4 is 17.7 Å². The first-order valence-corrected chi connectivity index (χ1v) is 7.66. The SMILES string of the molecule is O=C(/C=C/c1ccncc1)Nc1ccc(Cc2ccncc2)cc1. The van der Waals surface area contributed by atoms with Crippen LogP contribution in [0.4, 0.5) is 5.69 Å². The molecule has 3 aromatic rings. The van der Waals surface area contributed by atoms with Crippen molar-refractivity contribution in [2.24, 2.45) is 0 Å². The van der Waals surface area contributed by atoms with Crippen LogP contribution in [0.3, 0.4) is 0 Å². The van der Waals surface area contributed by atoms with E-state index in [1.807, 2.05) is 48.5 Å². The number of amides is 1. The van der Waals surface area contributed by atoms with Gasteiger partial charge in [0.05, 0.1) is 0 Å². The smallest absolute Gasteiger partial charge is 0.248 e. The van der Waals surface area contributed by atoms with Crippen molar-refractivity contribution < 1.29 is 4.79 Å². The number of nitrogens with one attached hydrogen (secondary N) is 1. The quantitative estimate of drug-likeness (QED) is 0.730. The summed E-state index contributed by atoms with van der Waals surface area (Å²) in [5, 5.41) is 2.85. The van der Waals surface area contributed by atoms with Gasteiger partial charge in [0.1, 0.15) is 0 Å². The molecule has 2 heterocycles. The summed E-state index contributed by atoms with van der Waals surface area (Å²) >= 11 is 0. The lowest BCUT2D eigenvalue weighted by molar-refractivity contribution is -0.111. The molecular weight excluding hydrogens is 298 g/mol. The van der Waals surface area contributed by atoms with Crippen LogP contribution in [0.15, 0.2) is 79.4 Å². The molecule has 24 heavy (non-hydrogen) atoms. The molecule has 0 saturated carbocycles. The van der Waals surface area contributed by atoms with Gasteiger partial charge in [0.25, 0.3) is 0 Å². The number of carbonyl (C=O) groups excluding carboxylic acids is 1. The Hall–Kier alpha value is -3.27. The van der Waals surface area contributed by atoms with Gasteiger partial charge in [-0.3, -0.25) is 14.8 Å². The van der Waals surface area contributed by atoms with Gasteiger partial charge in [0, 0.05) is 36.6 Å². The van der Waals surface area contributed by atoms with Crippen molar-refractivity contribution in [2.75, 3.05) is 5.32 Å². The second-order valence-electron chi connectivity index (χ2n) is 5.33. The molecular formula is C20H17N3O. The molecule has 3 rings (SSSR count). The van der Waals surface area contributed by atoms with E-state index in [0.29, 0.717) is 0 Å². The number of pyridine rings is 2. The second-order valence-corrected chi connectivity index (χ2v) is 5.33. The van der Waals surface area contributed by atoms with E-state index >= 15 is 0 Å². The maximum Gasteiger partial charge on any atom is 0.248 e. The average molecular weight is 315 g/mol. The normalized spacial score (nSPS) is 10.7. The van der Waals surface area contributed by atoms with Gasteiger partial charge in [-0.2, -0.15) is 0 Å². The minimum atomic E-state index is -0.159. The molecule has 4 heteroatoms. The van der Waals surface area contributed by atoms with E-state index in [4.69, 9.17) is 0 Å². The Bertz CT molecular complexity index is 813. The molecule has 118 valence electrons. The lowest BCUT2D eigenvalue weighted by atomic mass is 10.1. The van der Waals surface area contributed by atoms with Gasteiger partial charge in [-0.25, -0.2) is 0 Å². The predicted molar refractivity (Wildman–Crippen MR) is 95.4 cm³/mol. The molecule has 0 spiro atoms. The molecule has 1 aromatic carbocycles. The maximum absolute atomic E-state index is 11.9. The molecule has 0 aliphatic heterocycles. The first kappa shape index (κ1) is 15.6. The fourth-order valence-corrected chi connectivity index (χ4v) is 2.27. The van der Waals surface area contributed by atoms with Crippen LogP contribution in [0.5, 0.6) is 0 Å². The van der Waals surface area contributed by atoms with Crippen LogP contribution < -0.4 is 5.32 Å². The fraction of sp³-hybridized carbons (Fsp3) is 0.0500. The molecule has 2 aromatic heterocycles. The number of nitrogens with zero attached hydrogens (tertiary/aromatic N) is 2. The second kappa shape index (κ2) is 7.83. The third-order valence-electron chi connectivity index (χ3n) is 3.51. The topological polar surface area (TPSA) is 54.9 Å². The van der Waals surface area contributed by atoms with Gasteiger partial charge in [-0.05, 0) is 65.6 Å². The third-order valence-corrected chi connectivity index (χ3v) is 3.51. The molecule has 0 unspecified atom stereocenters. The summed E-state index contributed by atoms with van der Waals surface area (Å²) in [5.74, 6) is -0.159. The zero-order chi connectivity index (χ0) is 16.6. The van der Waals surface area contributed by atoms with Gasteiger partial charge in [0.2, 0.25) is 5.91 Å². The zero-order valence-corrected chi connectivity index (χ0v) is 13.1. The average Bonchev–Trinajstić information content (AvgIpc) is 2.63. The first-order chi connectivity index (χ1) is 11.8. The van der Waals surface area contributed by atoms with E-state index < -0.39 is 0 Å². The highest BCUT2D eigenvalue weighted by Crippen LogP contribution is 2.13. The Balaban J connectivity index is 1.58. The zero-order valence-electron chi connectivity index (χ0n) is 13.1. The van der Waals surface area contributed by atoms with Crippen molar-refractivity contribution in [3.05, 3.63) is 96.1 Å². The number of carbonyl (C=O) groups is 1. The number of hydrogen-bond donors (Lipinski definition) is 1. The van der Waals surface area contributed by atoms with Gasteiger partial charge < -0.3 is 5.32 Å². The monoisotopic (exact) mass is 315 g/mol. The van der Waals surface area contributed by atoms with E-state index in [1.165, 1.54) is 17.2 Å². The summed E-state index contributed by atoms with van der Waals surface area (Å²) in [6.45, 7) is 0. The number of hydrogen-bond acceptors (Lipinski definition) is 3. The molecule has 1 N–H and O–H groups in total. The number of aromatic nitrogens is 2. The van der Waals surface area contributed by atoms with Gasteiger partial charge in [-0.15, -0.1) is 0 Å². The predicted octanol–water partition coefficient (Wildman–Crippen LogP) is 3.72. The van der Waals surface area contributed by atoms with Gasteiger partial charge in [-0.1, -0.05) is 12.1 Å². The lowest BCUT2D eigenvalue weighted by Gasteiger charge is -2.05. The molecule has 1 amide bonds. The Morgan fingerprint density at radius 3 is 2.08 bits per heavy atom. The summed E-state index contributed by atoms with van der Waals surface area (Å²) in [7, 11) is 0. The highest BCUT2D eigenvalue weighted by Gasteiger charge is 2.00. The van der Waals surface area contributed by atoms with Gasteiger partial charge >= 0.3 is 0 Å². The highest BCUT2D eigenvalue weighted by molar-refractivity contribution is 6.01. The molecule has 0 aliphatic carbocycles. The van der Waals surface area contributed by atoms with Crippen molar-refractivity contribution in [1.82, 2.24) is 9.97 Å². The van der Waals surface area contributed by atoms with E-state index in [9.17, 15) is 4.79 Å². The molecule has 0 aliphatic rings. The molecule has 4 nitrogen and oxygen atoms in total. The number of benzene rings is 1. The van der Waals surface area contributed by atoms with E-state index in [1.54, 1.807) is 30.9 Å². The van der Waals surface area contributed by atoms with Gasteiger partial charge in [0.15, 0.2) is 0 Å². The summed E-state index contributed by atoms with van der Waals surface area (Å²) in [4.78, 5) is 19.9. The van der Waals surface area contributed by atoms with Crippen molar-refractivity contribution in [2.45, 2.75) is 6.42 Å². The summed E-state index contributed by atoms with van der Waals surface area (Å²) in [6.07, 6.45) is 11.1. The van der Waals surface area contributed by atoms with E-state index in [2.05, 4.69) is 15.3 Å². The third kappa shape index (κ3) is 4.61. The van der Waals surface area contributed by atoms with Crippen molar-refractivity contribution in [3.8, 4) is 0 Å². The minimum absolute atomic E-state index is 0.159. The van der Waals surface area contributed by atoms with Crippen LogP contribution in [-0.4, -0.2) is 15.9 Å². The Labute approximate surface area is 140 Å². The minimum Gasteiger partial charge on any atom is -0.323 e. The molecule has 0 atom stereocenters. The van der Waals surface area contributed by atoms with E-state index in [-0.39, 0.29) is 5.91 Å². The van der Waals surface area contributed by atoms with Crippen molar-refractivity contribution in [3.63, 3.8) is 0 Å². The Morgan fingerprint density at radius 2 is 1.42 bits per heavy atom. The molecule has 0 radical (unpaired) electrons. The Kier molecular flexibility index (Phi) is 5.10.